The molecule has 0 saturated heterocycles. The standard InChI is InChI=1S/C31H20O11/c1-40-26-7-14(3-5-18(26)34)25-12-23(39)30-21(37)10-20(36)28(31(30)42-25)16-6-13(2-4-17(16)33)24-11-22(38)29-19(35)8-15(32)9-27(29)41-24/h2-12,32-37H,1H3. The van der Waals surface area contributed by atoms with Crippen molar-refractivity contribution in [1.82, 2.24) is 0 Å². The quantitative estimate of drug-likeness (QED) is 0.165. The molecule has 0 aliphatic carbocycles. The third-order valence-electron chi connectivity index (χ3n) is 6.77. The van der Waals surface area contributed by atoms with Crippen LogP contribution in [0.15, 0.2) is 85.2 Å². The number of rotatable bonds is 4. The van der Waals surface area contributed by atoms with Crippen LogP contribution in [-0.2, 0) is 0 Å². The molecule has 0 fully saturated rings. The lowest BCUT2D eigenvalue weighted by Gasteiger charge is -2.14. The van der Waals surface area contributed by atoms with E-state index in [1.807, 2.05) is 0 Å². The van der Waals surface area contributed by atoms with Crippen LogP contribution in [-0.4, -0.2) is 37.7 Å². The second kappa shape index (κ2) is 9.52. The maximum absolute atomic E-state index is 13.2. The van der Waals surface area contributed by atoms with Crippen LogP contribution in [0.5, 0.6) is 40.2 Å². The van der Waals surface area contributed by atoms with Crippen LogP contribution < -0.4 is 15.6 Å². The summed E-state index contributed by atoms with van der Waals surface area (Å²) >= 11 is 0. The Balaban J connectivity index is 1.61. The van der Waals surface area contributed by atoms with Gasteiger partial charge in [-0.3, -0.25) is 9.59 Å². The van der Waals surface area contributed by atoms with Gasteiger partial charge in [0, 0.05) is 47.0 Å². The number of ether oxygens (including phenoxy) is 1. The Morgan fingerprint density at radius 3 is 1.93 bits per heavy atom. The summed E-state index contributed by atoms with van der Waals surface area (Å²) in [6.07, 6.45) is 0. The Hall–Kier alpha value is -6.10. The largest absolute Gasteiger partial charge is 0.508 e. The van der Waals surface area contributed by atoms with Crippen molar-refractivity contribution >= 4 is 21.9 Å². The monoisotopic (exact) mass is 568 g/mol. The Labute approximate surface area is 234 Å². The average Bonchev–Trinajstić information content (AvgIpc) is 2.93. The second-order valence-electron chi connectivity index (χ2n) is 9.40. The number of hydrogen-bond acceptors (Lipinski definition) is 11. The van der Waals surface area contributed by atoms with Crippen molar-refractivity contribution in [3.63, 3.8) is 0 Å². The predicted molar refractivity (Wildman–Crippen MR) is 151 cm³/mol. The summed E-state index contributed by atoms with van der Waals surface area (Å²) in [5, 5.41) is 61.8. The predicted octanol–water partition coefficient (Wildman–Crippen LogP) is 5.14. The highest BCUT2D eigenvalue weighted by Gasteiger charge is 2.23. The minimum absolute atomic E-state index is 0.000321. The summed E-state index contributed by atoms with van der Waals surface area (Å²) < 4.78 is 16.9. The van der Waals surface area contributed by atoms with Gasteiger partial charge < -0.3 is 44.2 Å². The molecule has 0 saturated carbocycles. The lowest BCUT2D eigenvalue weighted by molar-refractivity contribution is 0.373. The number of fused-ring (bicyclic) bond motifs is 2. The molecule has 0 aliphatic rings. The van der Waals surface area contributed by atoms with Gasteiger partial charge in [0.15, 0.2) is 27.9 Å². The first kappa shape index (κ1) is 26.1. The van der Waals surface area contributed by atoms with E-state index in [1.54, 1.807) is 0 Å². The Bertz CT molecular complexity index is 2190. The number of phenols is 6. The summed E-state index contributed by atoms with van der Waals surface area (Å²) in [5.74, 6) is -2.27. The summed E-state index contributed by atoms with van der Waals surface area (Å²) in [6, 6.07) is 13.6. The van der Waals surface area contributed by atoms with Crippen molar-refractivity contribution in [3.05, 3.63) is 87.2 Å². The molecular formula is C31H20O11. The van der Waals surface area contributed by atoms with Gasteiger partial charge in [-0.1, -0.05) is 0 Å². The Kier molecular flexibility index (Phi) is 5.93. The molecule has 2 aromatic heterocycles. The van der Waals surface area contributed by atoms with Gasteiger partial charge in [-0.2, -0.15) is 0 Å². The van der Waals surface area contributed by atoms with Crippen molar-refractivity contribution in [1.29, 1.82) is 0 Å². The van der Waals surface area contributed by atoms with Gasteiger partial charge in [0.2, 0.25) is 0 Å². The third-order valence-corrected chi connectivity index (χ3v) is 6.77. The maximum Gasteiger partial charge on any atom is 0.197 e. The van der Waals surface area contributed by atoms with Crippen LogP contribution in [0.25, 0.3) is 55.7 Å². The molecule has 0 radical (unpaired) electrons. The lowest BCUT2D eigenvalue weighted by Crippen LogP contribution is -2.02. The fourth-order valence-electron chi connectivity index (χ4n) is 4.82. The van der Waals surface area contributed by atoms with Crippen molar-refractivity contribution in [2.45, 2.75) is 0 Å². The molecule has 4 aromatic carbocycles. The lowest BCUT2D eigenvalue weighted by atomic mass is 9.97. The molecule has 6 aromatic rings. The molecule has 6 N–H and O–H groups in total. The molecule has 0 aliphatic heterocycles. The third kappa shape index (κ3) is 4.16. The zero-order valence-corrected chi connectivity index (χ0v) is 21.6. The number of methoxy groups -OCH3 is 1. The number of aromatic hydroxyl groups is 6. The van der Waals surface area contributed by atoms with E-state index < -0.39 is 28.1 Å². The molecule has 0 unspecified atom stereocenters. The van der Waals surface area contributed by atoms with E-state index in [4.69, 9.17) is 13.6 Å². The molecule has 11 nitrogen and oxygen atoms in total. The van der Waals surface area contributed by atoms with Crippen molar-refractivity contribution in [2.75, 3.05) is 7.11 Å². The first-order valence-electron chi connectivity index (χ1n) is 12.3. The van der Waals surface area contributed by atoms with Crippen LogP contribution in [0.3, 0.4) is 0 Å². The van der Waals surface area contributed by atoms with Crippen LogP contribution in [0.1, 0.15) is 0 Å². The smallest absolute Gasteiger partial charge is 0.197 e. The number of hydrogen-bond donors (Lipinski definition) is 6. The van der Waals surface area contributed by atoms with Crippen molar-refractivity contribution in [2.24, 2.45) is 0 Å². The van der Waals surface area contributed by atoms with Gasteiger partial charge >= 0.3 is 0 Å². The van der Waals surface area contributed by atoms with E-state index in [-0.39, 0.29) is 73.1 Å². The molecule has 42 heavy (non-hydrogen) atoms. The summed E-state index contributed by atoms with van der Waals surface area (Å²) in [5.41, 5.74) is -1.23. The van der Waals surface area contributed by atoms with E-state index in [0.717, 1.165) is 30.3 Å². The fourth-order valence-corrected chi connectivity index (χ4v) is 4.82. The van der Waals surface area contributed by atoms with E-state index in [9.17, 15) is 40.2 Å². The summed E-state index contributed by atoms with van der Waals surface area (Å²) in [7, 11) is 1.35. The summed E-state index contributed by atoms with van der Waals surface area (Å²) in [6.45, 7) is 0. The van der Waals surface area contributed by atoms with Gasteiger partial charge in [-0.15, -0.1) is 0 Å². The van der Waals surface area contributed by atoms with Gasteiger partial charge in [0.05, 0.1) is 12.7 Å². The highest BCUT2D eigenvalue weighted by atomic mass is 16.5. The van der Waals surface area contributed by atoms with Crippen LogP contribution in [0, 0.1) is 0 Å². The first-order chi connectivity index (χ1) is 20.0. The molecular weight excluding hydrogens is 548 g/mol. The molecule has 2 heterocycles. The van der Waals surface area contributed by atoms with Crippen molar-refractivity contribution in [3.8, 4) is 74.0 Å². The number of benzene rings is 4. The number of phenolic OH excluding ortho intramolecular Hbond substituents is 6. The minimum Gasteiger partial charge on any atom is -0.508 e. The summed E-state index contributed by atoms with van der Waals surface area (Å²) in [4.78, 5) is 25.9. The first-order valence-corrected chi connectivity index (χ1v) is 12.3. The average molecular weight is 568 g/mol. The molecule has 11 heteroatoms. The zero-order chi connectivity index (χ0) is 29.9. The van der Waals surface area contributed by atoms with E-state index in [1.165, 1.54) is 43.5 Å². The topological polar surface area (TPSA) is 191 Å². The Morgan fingerprint density at radius 1 is 0.595 bits per heavy atom. The fraction of sp³-hybridized carbons (Fsp3) is 0.0323. The highest BCUT2D eigenvalue weighted by molar-refractivity contribution is 6.01. The molecule has 0 spiro atoms. The highest BCUT2D eigenvalue weighted by Crippen LogP contribution is 2.46. The molecule has 0 amide bonds. The van der Waals surface area contributed by atoms with Crippen molar-refractivity contribution < 1.29 is 44.2 Å². The van der Waals surface area contributed by atoms with Crippen LogP contribution in [0.4, 0.5) is 0 Å². The van der Waals surface area contributed by atoms with Gasteiger partial charge in [-0.05, 0) is 36.4 Å². The second-order valence-corrected chi connectivity index (χ2v) is 9.40. The van der Waals surface area contributed by atoms with Crippen LogP contribution in [0.2, 0.25) is 0 Å². The van der Waals surface area contributed by atoms with E-state index in [2.05, 4.69) is 0 Å². The van der Waals surface area contributed by atoms with Gasteiger partial charge in [0.1, 0.15) is 56.6 Å². The Morgan fingerprint density at radius 2 is 1.21 bits per heavy atom. The molecule has 6 rings (SSSR count). The zero-order valence-electron chi connectivity index (χ0n) is 21.6. The van der Waals surface area contributed by atoms with E-state index >= 15 is 0 Å². The van der Waals surface area contributed by atoms with Gasteiger partial charge in [0.25, 0.3) is 0 Å². The maximum atomic E-state index is 13.2. The van der Waals surface area contributed by atoms with Gasteiger partial charge in [-0.25, -0.2) is 0 Å². The molecule has 0 bridgehead atoms. The van der Waals surface area contributed by atoms with E-state index in [0.29, 0.717) is 5.56 Å². The normalized spacial score (nSPS) is 11.3. The molecule has 210 valence electrons. The minimum atomic E-state index is -0.659. The SMILES string of the molecule is COc1cc(-c2cc(=O)c3c(O)cc(O)c(-c4cc(-c5cc(=O)c6c(O)cc(O)cc6o5)ccc4O)c3o2)ccc1O. The van der Waals surface area contributed by atoms with Crippen LogP contribution >= 0.6 is 0 Å². The molecule has 0 atom stereocenters.